The van der Waals surface area contributed by atoms with Crippen LogP contribution in [0.15, 0.2) is 54.6 Å². The molecule has 0 saturated heterocycles. The van der Waals surface area contributed by atoms with Crippen molar-refractivity contribution in [2.75, 3.05) is 11.6 Å². The molecule has 0 aliphatic carbocycles. The molecule has 0 saturated carbocycles. The molecule has 0 bridgehead atoms. The first kappa shape index (κ1) is 18.0. The highest BCUT2D eigenvalue weighted by molar-refractivity contribution is 8.25. The number of nitrogens with zero attached hydrogens (tertiary/aromatic N) is 3. The van der Waals surface area contributed by atoms with Crippen LogP contribution in [0, 0.1) is 6.92 Å². The number of hydrogen-bond donors (Lipinski definition) is 1. The van der Waals surface area contributed by atoms with Gasteiger partial charge in [-0.25, -0.2) is 9.99 Å². The average molecular weight is 399 g/mol. The van der Waals surface area contributed by atoms with E-state index in [-0.39, 0.29) is 5.24 Å². The molecule has 1 aliphatic heterocycles. The third-order valence-electron chi connectivity index (χ3n) is 4.45. The van der Waals surface area contributed by atoms with E-state index < -0.39 is 10.7 Å². The monoisotopic (exact) mass is 398 g/mol. The Bertz CT molecular complexity index is 1050. The summed E-state index contributed by atoms with van der Waals surface area (Å²) < 4.78 is 1.97. The van der Waals surface area contributed by atoms with Crippen LogP contribution in [-0.2, 0) is 0 Å². The molecule has 4 rings (SSSR count). The van der Waals surface area contributed by atoms with Gasteiger partial charge in [-0.15, -0.1) is 0 Å². The number of carbonyl (C=O) groups excluding carboxylic acids is 1. The van der Waals surface area contributed by atoms with Crippen molar-refractivity contribution in [3.8, 4) is 0 Å². The number of aromatic nitrogens is 1. The van der Waals surface area contributed by atoms with Gasteiger partial charge in [-0.05, 0) is 59.2 Å². The maximum atomic E-state index is 12.0. The number of anilines is 2. The second-order valence-electron chi connectivity index (χ2n) is 6.24. The van der Waals surface area contributed by atoms with E-state index in [0.717, 1.165) is 28.6 Å². The first-order valence-electron chi connectivity index (χ1n) is 8.61. The summed E-state index contributed by atoms with van der Waals surface area (Å²) in [4.78, 5) is 16.9. The van der Waals surface area contributed by atoms with Gasteiger partial charge in [-0.1, -0.05) is 41.9 Å². The second kappa shape index (κ2) is 7.31. The number of nitrogens with two attached hydrogens (primary N) is 1. The molecule has 3 aromatic rings. The van der Waals surface area contributed by atoms with Gasteiger partial charge < -0.3 is 5.73 Å². The molecule has 0 radical (unpaired) electrons. The fourth-order valence-electron chi connectivity index (χ4n) is 3.24. The molecule has 1 aromatic heterocycles. The van der Waals surface area contributed by atoms with E-state index in [9.17, 15) is 4.79 Å². The van der Waals surface area contributed by atoms with E-state index in [1.54, 1.807) is 0 Å². The summed E-state index contributed by atoms with van der Waals surface area (Å²) in [5, 5.41) is 5.20. The fraction of sp³-hybridized carbons (Fsp3) is 0.150. The van der Waals surface area contributed by atoms with E-state index in [2.05, 4.69) is 0 Å². The minimum atomic E-state index is -0.824. The Balaban J connectivity index is 1.92. The highest BCUT2D eigenvalue weighted by Gasteiger charge is 2.30. The van der Waals surface area contributed by atoms with E-state index in [0.29, 0.717) is 17.4 Å². The average Bonchev–Trinajstić information content (AvgIpc) is 3.14. The van der Waals surface area contributed by atoms with Gasteiger partial charge in [0.25, 0.3) is 5.24 Å². The Hall–Kier alpha value is -2.41. The van der Waals surface area contributed by atoms with Crippen LogP contribution < -0.4 is 10.7 Å². The molecular weight excluding hydrogens is 380 g/mol. The van der Waals surface area contributed by atoms with E-state index in [1.807, 2.05) is 76.3 Å². The smallest absolute Gasteiger partial charge is 0.286 e. The van der Waals surface area contributed by atoms with Gasteiger partial charge >= 0.3 is 0 Å². The molecule has 2 heterocycles. The van der Waals surface area contributed by atoms with Crippen molar-refractivity contribution in [3.05, 3.63) is 65.2 Å². The molecule has 1 atom stereocenters. The number of rotatable bonds is 3. The molecule has 1 aliphatic rings. The number of pyridine rings is 1. The van der Waals surface area contributed by atoms with Crippen molar-refractivity contribution < 1.29 is 4.79 Å². The Morgan fingerprint density at radius 1 is 1.19 bits per heavy atom. The summed E-state index contributed by atoms with van der Waals surface area (Å²) in [6, 6.07) is 17.7. The summed E-state index contributed by atoms with van der Waals surface area (Å²) in [6.45, 7) is 2.67. The van der Waals surface area contributed by atoms with Crippen LogP contribution >= 0.6 is 22.3 Å². The first-order valence-corrected chi connectivity index (χ1v) is 10.2. The lowest BCUT2D eigenvalue weighted by atomic mass is 10.2. The number of aryl methyl sites for hydroxylation is 1. The highest BCUT2D eigenvalue weighted by atomic mass is 35.5. The number of para-hydroxylation sites is 2. The molecule has 138 valence electrons. The standard InChI is InChI=1S/C20H19ClN4OS/c1-14-6-4-8-16(21)19(14)25(24-12-5-13-27(24)20(22)26)18-11-10-15-7-2-3-9-17(15)23-18/h2-4,6-11,13H,5,12H2,1H3,(H2,22,26). The zero-order valence-electron chi connectivity index (χ0n) is 14.8. The summed E-state index contributed by atoms with van der Waals surface area (Å²) in [5.41, 5.74) is 8.36. The van der Waals surface area contributed by atoms with Gasteiger partial charge in [0.15, 0.2) is 0 Å². The van der Waals surface area contributed by atoms with E-state index in [4.69, 9.17) is 22.3 Å². The van der Waals surface area contributed by atoms with Crippen molar-refractivity contribution in [1.82, 2.24) is 9.40 Å². The molecule has 2 aromatic carbocycles. The summed E-state index contributed by atoms with van der Waals surface area (Å²) in [5.74, 6) is 0.707. The molecule has 7 heteroatoms. The fourth-order valence-corrected chi connectivity index (χ4v) is 5.06. The number of hydrogen-bond acceptors (Lipinski definition) is 4. The number of halogens is 1. The maximum absolute atomic E-state index is 12.0. The third-order valence-corrected chi connectivity index (χ3v) is 6.52. The molecule has 0 spiro atoms. The van der Waals surface area contributed by atoms with Gasteiger partial charge in [-0.3, -0.25) is 4.79 Å². The van der Waals surface area contributed by atoms with Crippen LogP contribution in [0.3, 0.4) is 0 Å². The van der Waals surface area contributed by atoms with Crippen molar-refractivity contribution in [3.63, 3.8) is 0 Å². The minimum absolute atomic E-state index is 0.358. The van der Waals surface area contributed by atoms with Crippen LogP contribution in [-0.4, -0.2) is 26.5 Å². The number of amides is 1. The highest BCUT2D eigenvalue weighted by Crippen LogP contribution is 2.41. The predicted octanol–water partition coefficient (Wildman–Crippen LogP) is 5.02. The van der Waals surface area contributed by atoms with Gasteiger partial charge in [0.2, 0.25) is 0 Å². The molecule has 27 heavy (non-hydrogen) atoms. The zero-order chi connectivity index (χ0) is 19.0. The van der Waals surface area contributed by atoms with Crippen molar-refractivity contribution in [1.29, 1.82) is 0 Å². The van der Waals surface area contributed by atoms with E-state index in [1.165, 1.54) is 0 Å². The van der Waals surface area contributed by atoms with Gasteiger partial charge in [0.1, 0.15) is 5.82 Å². The Labute approximate surface area is 165 Å². The molecule has 5 nitrogen and oxygen atoms in total. The third kappa shape index (κ3) is 3.32. The number of primary amides is 1. The Morgan fingerprint density at radius 3 is 2.78 bits per heavy atom. The van der Waals surface area contributed by atoms with Crippen LogP contribution in [0.25, 0.3) is 10.9 Å². The molecular formula is C20H19ClN4OS. The summed E-state index contributed by atoms with van der Waals surface area (Å²) in [7, 11) is -0.824. The quantitative estimate of drug-likeness (QED) is 0.629. The number of carbonyl (C=O) groups is 1. The zero-order valence-corrected chi connectivity index (χ0v) is 16.4. The molecule has 1 unspecified atom stereocenters. The SMILES string of the molecule is Cc1cccc(Cl)c1N(c1ccc2ccccc2n1)N1CCC=S1C(N)=O. The molecule has 2 N–H and O–H groups in total. The lowest BCUT2D eigenvalue weighted by Crippen LogP contribution is -2.37. The number of fused-ring (bicyclic) bond motifs is 1. The largest absolute Gasteiger partial charge is 0.360 e. The Morgan fingerprint density at radius 2 is 2.00 bits per heavy atom. The van der Waals surface area contributed by atoms with Crippen LogP contribution in [0.5, 0.6) is 0 Å². The molecule has 1 amide bonds. The maximum Gasteiger partial charge on any atom is 0.286 e. The normalized spacial score (nSPS) is 17.0. The first-order chi connectivity index (χ1) is 13.1. The number of hydrazine groups is 1. The van der Waals surface area contributed by atoms with Gasteiger partial charge in [0, 0.05) is 11.9 Å². The van der Waals surface area contributed by atoms with Crippen molar-refractivity contribution in [2.45, 2.75) is 13.3 Å². The topological polar surface area (TPSA) is 62.5 Å². The number of benzene rings is 2. The summed E-state index contributed by atoms with van der Waals surface area (Å²) in [6.07, 6.45) is 0.777. The predicted molar refractivity (Wildman–Crippen MR) is 115 cm³/mol. The van der Waals surface area contributed by atoms with Crippen LogP contribution in [0.2, 0.25) is 5.02 Å². The van der Waals surface area contributed by atoms with Crippen LogP contribution in [0.4, 0.5) is 16.3 Å². The lowest BCUT2D eigenvalue weighted by Gasteiger charge is -2.35. The lowest BCUT2D eigenvalue weighted by molar-refractivity contribution is 0.266. The Kier molecular flexibility index (Phi) is 4.86. The summed E-state index contributed by atoms with van der Waals surface area (Å²) >= 11 is 6.58. The second-order valence-corrected chi connectivity index (χ2v) is 8.44. The molecule has 0 fully saturated rings. The van der Waals surface area contributed by atoms with Crippen molar-refractivity contribution in [2.24, 2.45) is 5.73 Å². The van der Waals surface area contributed by atoms with Gasteiger partial charge in [-0.2, -0.15) is 4.41 Å². The van der Waals surface area contributed by atoms with Gasteiger partial charge in [0.05, 0.1) is 16.2 Å². The van der Waals surface area contributed by atoms with E-state index >= 15 is 0 Å². The van der Waals surface area contributed by atoms with Crippen molar-refractivity contribution >= 4 is 55.3 Å². The van der Waals surface area contributed by atoms with Crippen LogP contribution in [0.1, 0.15) is 12.0 Å². The minimum Gasteiger partial charge on any atom is -0.360 e.